The quantitative estimate of drug-likeness (QED) is 0.646. The van der Waals surface area contributed by atoms with Crippen LogP contribution in [0.1, 0.15) is 18.9 Å². The van der Waals surface area contributed by atoms with Crippen molar-refractivity contribution in [3.63, 3.8) is 0 Å². The lowest BCUT2D eigenvalue weighted by atomic mass is 10.1. The van der Waals surface area contributed by atoms with E-state index in [9.17, 15) is 4.79 Å². The van der Waals surface area contributed by atoms with Crippen LogP contribution in [0.5, 0.6) is 0 Å². The van der Waals surface area contributed by atoms with Gasteiger partial charge in [0.1, 0.15) is 5.69 Å². The molecule has 0 radical (unpaired) electrons. The van der Waals surface area contributed by atoms with Crippen molar-refractivity contribution < 1.29 is 0 Å². The summed E-state index contributed by atoms with van der Waals surface area (Å²) in [6, 6.07) is 0.374. The molecule has 1 saturated heterocycles. The first-order chi connectivity index (χ1) is 6.77. The van der Waals surface area contributed by atoms with Gasteiger partial charge in [-0.2, -0.15) is 4.98 Å². The predicted octanol–water partition coefficient (Wildman–Crippen LogP) is -0.250. The highest BCUT2D eigenvalue weighted by Gasteiger charge is 2.14. The van der Waals surface area contributed by atoms with Crippen molar-refractivity contribution >= 4 is 5.69 Å². The number of hydrogen-bond acceptors (Lipinski definition) is 4. The number of hydrogen-bond donors (Lipinski definition) is 2. The Morgan fingerprint density at radius 2 is 2.50 bits per heavy atom. The van der Waals surface area contributed by atoms with Crippen molar-refractivity contribution in [1.29, 1.82) is 0 Å². The second-order valence-corrected chi connectivity index (χ2v) is 3.58. The van der Waals surface area contributed by atoms with Crippen LogP contribution in [0.15, 0.2) is 17.3 Å². The van der Waals surface area contributed by atoms with Crippen molar-refractivity contribution in [2.75, 3.05) is 18.8 Å². The minimum absolute atomic E-state index is 0.220. The maximum atomic E-state index is 11.0. The Morgan fingerprint density at radius 3 is 3.14 bits per heavy atom. The number of piperidine rings is 1. The minimum atomic E-state index is -0.343. The van der Waals surface area contributed by atoms with Crippen LogP contribution in [0.3, 0.4) is 0 Å². The number of nitrogens with two attached hydrogens (primary N) is 1. The second-order valence-electron chi connectivity index (χ2n) is 3.58. The maximum absolute atomic E-state index is 11.0. The Hall–Kier alpha value is -1.36. The number of rotatable bonds is 1. The smallest absolute Gasteiger partial charge is 0.295 e. The molecule has 0 aliphatic carbocycles. The van der Waals surface area contributed by atoms with Gasteiger partial charge in [0.05, 0.1) is 6.33 Å². The van der Waals surface area contributed by atoms with Gasteiger partial charge in [-0.05, 0) is 19.4 Å². The number of nitrogen functional groups attached to an aromatic ring is 1. The van der Waals surface area contributed by atoms with Crippen molar-refractivity contribution in [1.82, 2.24) is 14.9 Å². The molecular formula is C9H14N4O. The number of nitrogens with zero attached hydrogens (tertiary/aromatic N) is 2. The summed E-state index contributed by atoms with van der Waals surface area (Å²) in [6.07, 6.45) is 5.50. The molecule has 2 heterocycles. The molecule has 0 aromatic carbocycles. The molecule has 0 bridgehead atoms. The average Bonchev–Trinajstić information content (AvgIpc) is 2.23. The van der Waals surface area contributed by atoms with Gasteiger partial charge in [-0.15, -0.1) is 0 Å². The Labute approximate surface area is 82.0 Å². The normalized spacial score (nSPS) is 22.1. The number of anilines is 1. The topological polar surface area (TPSA) is 72.9 Å². The molecule has 1 aliphatic heterocycles. The summed E-state index contributed by atoms with van der Waals surface area (Å²) in [4.78, 5) is 14.7. The van der Waals surface area contributed by atoms with E-state index in [1.54, 1.807) is 12.5 Å². The summed E-state index contributed by atoms with van der Waals surface area (Å²) in [5.41, 5.74) is 5.39. The Bertz CT molecular complexity index is 367. The molecule has 14 heavy (non-hydrogen) atoms. The van der Waals surface area contributed by atoms with Crippen LogP contribution in [0, 0.1) is 0 Å². The molecule has 3 N–H and O–H groups in total. The van der Waals surface area contributed by atoms with Gasteiger partial charge in [-0.1, -0.05) is 0 Å². The van der Waals surface area contributed by atoms with E-state index in [4.69, 9.17) is 5.73 Å². The van der Waals surface area contributed by atoms with Crippen LogP contribution in [-0.2, 0) is 0 Å². The van der Waals surface area contributed by atoms with Crippen LogP contribution in [0.4, 0.5) is 5.69 Å². The van der Waals surface area contributed by atoms with E-state index in [-0.39, 0.29) is 11.2 Å². The second kappa shape index (κ2) is 3.79. The van der Waals surface area contributed by atoms with Gasteiger partial charge >= 0.3 is 0 Å². The molecule has 76 valence electrons. The van der Waals surface area contributed by atoms with E-state index >= 15 is 0 Å². The van der Waals surface area contributed by atoms with Gasteiger partial charge < -0.3 is 15.6 Å². The SMILES string of the molecule is Nc1cn(C2CCCNC2)cnc1=O. The Morgan fingerprint density at radius 1 is 1.64 bits per heavy atom. The molecular weight excluding hydrogens is 180 g/mol. The van der Waals surface area contributed by atoms with E-state index < -0.39 is 0 Å². The molecule has 1 atom stereocenters. The van der Waals surface area contributed by atoms with E-state index in [1.807, 2.05) is 4.57 Å². The predicted molar refractivity (Wildman–Crippen MR) is 54.1 cm³/mol. The van der Waals surface area contributed by atoms with E-state index in [0.717, 1.165) is 25.9 Å². The molecule has 1 aromatic heterocycles. The van der Waals surface area contributed by atoms with E-state index in [0.29, 0.717) is 6.04 Å². The molecule has 0 spiro atoms. The fraction of sp³-hybridized carbons (Fsp3) is 0.556. The highest BCUT2D eigenvalue weighted by atomic mass is 16.1. The van der Waals surface area contributed by atoms with Gasteiger partial charge in [0.15, 0.2) is 0 Å². The number of nitrogens with one attached hydrogen (secondary N) is 1. The monoisotopic (exact) mass is 194 g/mol. The third-order valence-corrected chi connectivity index (χ3v) is 2.54. The molecule has 0 saturated carbocycles. The fourth-order valence-electron chi connectivity index (χ4n) is 1.73. The fourth-order valence-corrected chi connectivity index (χ4v) is 1.73. The highest BCUT2D eigenvalue weighted by Crippen LogP contribution is 2.15. The third kappa shape index (κ3) is 1.77. The first kappa shape index (κ1) is 9.21. The van der Waals surface area contributed by atoms with Crippen LogP contribution >= 0.6 is 0 Å². The molecule has 1 fully saturated rings. The summed E-state index contributed by atoms with van der Waals surface area (Å²) < 4.78 is 1.92. The lowest BCUT2D eigenvalue weighted by Crippen LogP contribution is -2.32. The summed E-state index contributed by atoms with van der Waals surface area (Å²) in [7, 11) is 0. The van der Waals surface area contributed by atoms with Crippen LogP contribution in [0.25, 0.3) is 0 Å². The van der Waals surface area contributed by atoms with Crippen LogP contribution in [-0.4, -0.2) is 22.6 Å². The largest absolute Gasteiger partial charge is 0.393 e. The van der Waals surface area contributed by atoms with E-state index in [1.165, 1.54) is 0 Å². The van der Waals surface area contributed by atoms with Gasteiger partial charge in [0, 0.05) is 18.8 Å². The van der Waals surface area contributed by atoms with Crippen LogP contribution in [0.2, 0.25) is 0 Å². The molecule has 2 rings (SSSR count). The van der Waals surface area contributed by atoms with Gasteiger partial charge in [-0.25, -0.2) is 0 Å². The van der Waals surface area contributed by atoms with Crippen LogP contribution < -0.4 is 16.6 Å². The lowest BCUT2D eigenvalue weighted by molar-refractivity contribution is 0.367. The molecule has 5 heteroatoms. The lowest BCUT2D eigenvalue weighted by Gasteiger charge is -2.25. The Balaban J connectivity index is 2.22. The number of aromatic nitrogens is 2. The maximum Gasteiger partial charge on any atom is 0.295 e. The molecule has 5 nitrogen and oxygen atoms in total. The zero-order valence-corrected chi connectivity index (χ0v) is 7.94. The van der Waals surface area contributed by atoms with Gasteiger partial charge in [0.2, 0.25) is 0 Å². The van der Waals surface area contributed by atoms with Crippen molar-refractivity contribution in [3.8, 4) is 0 Å². The zero-order valence-electron chi connectivity index (χ0n) is 7.94. The summed E-state index contributed by atoms with van der Waals surface area (Å²) in [5, 5.41) is 3.30. The highest BCUT2D eigenvalue weighted by molar-refractivity contribution is 5.30. The molecule has 0 amide bonds. The summed E-state index contributed by atoms with van der Waals surface area (Å²) >= 11 is 0. The first-order valence-corrected chi connectivity index (χ1v) is 4.81. The molecule has 1 aliphatic rings. The Kier molecular flexibility index (Phi) is 2.49. The van der Waals surface area contributed by atoms with Gasteiger partial charge in [0.25, 0.3) is 5.56 Å². The molecule has 1 unspecified atom stereocenters. The summed E-state index contributed by atoms with van der Waals surface area (Å²) in [5.74, 6) is 0. The minimum Gasteiger partial charge on any atom is -0.393 e. The van der Waals surface area contributed by atoms with Gasteiger partial charge in [-0.3, -0.25) is 4.79 Å². The van der Waals surface area contributed by atoms with Crippen molar-refractivity contribution in [3.05, 3.63) is 22.9 Å². The third-order valence-electron chi connectivity index (χ3n) is 2.54. The van der Waals surface area contributed by atoms with Crippen molar-refractivity contribution in [2.45, 2.75) is 18.9 Å². The van der Waals surface area contributed by atoms with E-state index in [2.05, 4.69) is 10.3 Å². The van der Waals surface area contributed by atoms with Crippen molar-refractivity contribution in [2.24, 2.45) is 0 Å². The first-order valence-electron chi connectivity index (χ1n) is 4.81. The average molecular weight is 194 g/mol. The summed E-state index contributed by atoms with van der Waals surface area (Å²) in [6.45, 7) is 1.99. The zero-order chi connectivity index (χ0) is 9.97. The standard InChI is InChI=1S/C9H14N4O/c10-8-5-13(6-12-9(8)14)7-2-1-3-11-4-7/h5-7,11H,1-4,10H2. The molecule has 1 aromatic rings.